The molecule has 0 spiro atoms. The molecule has 2 amide bonds. The van der Waals surface area contributed by atoms with Gasteiger partial charge in [-0.1, -0.05) is 12.7 Å². The zero-order chi connectivity index (χ0) is 25.7. The summed E-state index contributed by atoms with van der Waals surface area (Å²) in [5.74, 6) is -2.21. The maximum atomic E-state index is 15.0. The number of anilines is 1. The molecule has 1 aromatic rings. The highest BCUT2D eigenvalue weighted by molar-refractivity contribution is 6.05. The Kier molecular flexibility index (Phi) is 8.45. The van der Waals surface area contributed by atoms with Crippen molar-refractivity contribution in [3.05, 3.63) is 36.2 Å². The van der Waals surface area contributed by atoms with E-state index in [-0.39, 0.29) is 61.1 Å². The van der Waals surface area contributed by atoms with Gasteiger partial charge in [0.05, 0.1) is 36.0 Å². The van der Waals surface area contributed by atoms with E-state index in [9.17, 15) is 14.4 Å². The molecule has 196 valence electrons. The smallest absolute Gasteiger partial charge is 0.414 e. The summed E-state index contributed by atoms with van der Waals surface area (Å²) in [5.41, 5.74) is 0.291. The van der Waals surface area contributed by atoms with Crippen LogP contribution in [0.25, 0.3) is 0 Å². The first-order chi connectivity index (χ1) is 17.4. The number of carboxylic acids is 1. The number of rotatable bonds is 9. The number of aliphatic carboxylic acids is 1. The fraction of sp³-hybridized carbons (Fsp3) is 0.577. The zero-order valence-corrected chi connectivity index (χ0v) is 20.3. The molecule has 0 aromatic heterocycles. The van der Waals surface area contributed by atoms with Crippen molar-refractivity contribution in [2.24, 2.45) is 0 Å². The van der Waals surface area contributed by atoms with Gasteiger partial charge in [0.2, 0.25) is 0 Å². The monoisotopic (exact) mass is 504 g/mol. The molecule has 9 nitrogen and oxygen atoms in total. The zero-order valence-electron chi connectivity index (χ0n) is 20.3. The number of carboxylic acid groups (broad SMARTS) is 1. The number of carbonyl (C=O) groups is 3. The highest BCUT2D eigenvalue weighted by Gasteiger charge is 2.46. The topological polar surface area (TPSA) is 106 Å². The molecule has 0 aliphatic carbocycles. The lowest BCUT2D eigenvalue weighted by Crippen LogP contribution is -2.52. The molecular formula is C26H33FN2O7. The van der Waals surface area contributed by atoms with Crippen LogP contribution in [0.5, 0.6) is 5.75 Å². The van der Waals surface area contributed by atoms with E-state index in [4.69, 9.17) is 19.3 Å². The first kappa shape index (κ1) is 25.9. The lowest BCUT2D eigenvalue weighted by atomic mass is 9.94. The lowest BCUT2D eigenvalue weighted by molar-refractivity contribution is -0.137. The maximum absolute atomic E-state index is 15.0. The van der Waals surface area contributed by atoms with Crippen LogP contribution in [0, 0.1) is 5.82 Å². The van der Waals surface area contributed by atoms with Crippen molar-refractivity contribution >= 4 is 23.7 Å². The summed E-state index contributed by atoms with van der Waals surface area (Å²) in [6.07, 6.45) is 5.71. The third kappa shape index (κ3) is 5.64. The minimum atomic E-state index is -0.976. The third-order valence-corrected chi connectivity index (χ3v) is 6.97. The Morgan fingerprint density at radius 3 is 2.81 bits per heavy atom. The highest BCUT2D eigenvalue weighted by atomic mass is 19.1. The molecule has 3 heterocycles. The number of carbonyl (C=O) groups excluding carboxylic acids is 2. The second kappa shape index (κ2) is 11.7. The molecule has 2 saturated heterocycles. The van der Waals surface area contributed by atoms with Crippen molar-refractivity contribution in [1.29, 1.82) is 0 Å². The van der Waals surface area contributed by atoms with E-state index in [0.29, 0.717) is 26.0 Å². The van der Waals surface area contributed by atoms with Gasteiger partial charge in [0.15, 0.2) is 11.6 Å². The average Bonchev–Trinajstić information content (AvgIpc) is 3.33. The van der Waals surface area contributed by atoms with Crippen LogP contribution in [0.2, 0.25) is 0 Å². The first-order valence-electron chi connectivity index (χ1n) is 12.6. The van der Waals surface area contributed by atoms with Crippen molar-refractivity contribution in [3.63, 3.8) is 0 Å². The first-order valence-corrected chi connectivity index (χ1v) is 12.6. The second-order valence-corrected chi connectivity index (χ2v) is 9.38. The van der Waals surface area contributed by atoms with Gasteiger partial charge < -0.3 is 24.2 Å². The summed E-state index contributed by atoms with van der Waals surface area (Å²) in [6, 6.07) is 1.78. The number of hydrogen-bond acceptors (Lipinski definition) is 6. The van der Waals surface area contributed by atoms with Gasteiger partial charge in [0, 0.05) is 25.6 Å². The minimum absolute atomic E-state index is 0.0145. The van der Waals surface area contributed by atoms with Gasteiger partial charge in [-0.3, -0.25) is 14.5 Å². The van der Waals surface area contributed by atoms with Gasteiger partial charge in [-0.05, 0) is 51.0 Å². The molecule has 1 N–H and O–H groups in total. The second-order valence-electron chi connectivity index (χ2n) is 9.38. The van der Waals surface area contributed by atoms with Crippen molar-refractivity contribution in [2.45, 2.75) is 69.6 Å². The van der Waals surface area contributed by atoms with Gasteiger partial charge in [-0.15, -0.1) is 0 Å². The Balaban J connectivity index is 1.74. The molecule has 10 heteroatoms. The normalized spacial score (nSPS) is 23.5. The fourth-order valence-corrected chi connectivity index (χ4v) is 5.34. The number of ether oxygens (including phenoxy) is 3. The number of benzene rings is 1. The van der Waals surface area contributed by atoms with Crippen molar-refractivity contribution < 1.29 is 38.1 Å². The van der Waals surface area contributed by atoms with Gasteiger partial charge in [-0.25, -0.2) is 9.18 Å². The van der Waals surface area contributed by atoms with E-state index in [0.717, 1.165) is 31.7 Å². The van der Waals surface area contributed by atoms with Crippen molar-refractivity contribution in [1.82, 2.24) is 4.90 Å². The van der Waals surface area contributed by atoms with Crippen molar-refractivity contribution in [2.75, 3.05) is 31.3 Å². The highest BCUT2D eigenvalue weighted by Crippen LogP contribution is 2.40. The van der Waals surface area contributed by atoms with Crippen LogP contribution in [0.4, 0.5) is 14.9 Å². The standard InChI is InChI=1S/C26H33FN2O7/c1-2-11-36-26(33)29-21-16-23(35-13-6-9-24(30)31)19(27)15-18(21)25(32)28-10-5-8-20(28)22(29)14-17-7-3-4-12-34-17/h2,15-17,20,22H,1,3-14H2,(H,30,31)/t17?,20-,22?/m0/s1. The average molecular weight is 505 g/mol. The predicted molar refractivity (Wildman–Crippen MR) is 129 cm³/mol. The Morgan fingerprint density at radius 2 is 2.08 bits per heavy atom. The van der Waals surface area contributed by atoms with Crippen LogP contribution in [0.3, 0.4) is 0 Å². The molecule has 2 fully saturated rings. The van der Waals surface area contributed by atoms with Crippen LogP contribution in [-0.2, 0) is 14.3 Å². The number of hydrogen-bond donors (Lipinski definition) is 1. The molecular weight excluding hydrogens is 471 g/mol. The van der Waals surface area contributed by atoms with E-state index >= 15 is 4.39 Å². The fourth-order valence-electron chi connectivity index (χ4n) is 5.34. The predicted octanol–water partition coefficient (Wildman–Crippen LogP) is 4.14. The Morgan fingerprint density at radius 1 is 1.25 bits per heavy atom. The van der Waals surface area contributed by atoms with Gasteiger partial charge >= 0.3 is 12.1 Å². The van der Waals surface area contributed by atoms with E-state index in [1.165, 1.54) is 17.0 Å². The van der Waals surface area contributed by atoms with Crippen LogP contribution in [0.1, 0.15) is 61.7 Å². The largest absolute Gasteiger partial charge is 0.490 e. The minimum Gasteiger partial charge on any atom is -0.490 e. The number of fused-ring (bicyclic) bond motifs is 2. The molecule has 0 saturated carbocycles. The van der Waals surface area contributed by atoms with Crippen LogP contribution < -0.4 is 9.64 Å². The molecule has 36 heavy (non-hydrogen) atoms. The van der Waals surface area contributed by atoms with E-state index < -0.39 is 23.9 Å². The Bertz CT molecular complexity index is 995. The maximum Gasteiger partial charge on any atom is 0.414 e. The molecule has 3 aliphatic heterocycles. The van der Waals surface area contributed by atoms with Gasteiger partial charge in [0.25, 0.3) is 5.91 Å². The molecule has 2 unspecified atom stereocenters. The lowest BCUT2D eigenvalue weighted by Gasteiger charge is -2.38. The van der Waals surface area contributed by atoms with E-state index in [1.807, 2.05) is 0 Å². The van der Waals surface area contributed by atoms with Crippen LogP contribution >= 0.6 is 0 Å². The quantitative estimate of drug-likeness (QED) is 0.398. The molecule has 0 radical (unpaired) electrons. The molecule has 0 bridgehead atoms. The van der Waals surface area contributed by atoms with Crippen LogP contribution in [-0.4, -0.2) is 72.5 Å². The van der Waals surface area contributed by atoms with Crippen LogP contribution in [0.15, 0.2) is 24.8 Å². The summed E-state index contributed by atoms with van der Waals surface area (Å²) in [7, 11) is 0. The molecule has 4 rings (SSSR count). The summed E-state index contributed by atoms with van der Waals surface area (Å²) >= 11 is 0. The Hall–Kier alpha value is -3.14. The SMILES string of the molecule is C=CCOC(=O)N1c2cc(OCCCC(=O)O)c(F)cc2C(=O)N2CCC[C@H]2C1CC1CCCCO1. The van der Waals surface area contributed by atoms with Crippen molar-refractivity contribution in [3.8, 4) is 5.75 Å². The summed E-state index contributed by atoms with van der Waals surface area (Å²) in [6.45, 7) is 4.75. The summed E-state index contributed by atoms with van der Waals surface area (Å²) < 4.78 is 32.0. The van der Waals surface area contributed by atoms with Gasteiger partial charge in [-0.2, -0.15) is 0 Å². The third-order valence-electron chi connectivity index (χ3n) is 6.97. The summed E-state index contributed by atoms with van der Waals surface area (Å²) in [4.78, 5) is 41.0. The number of nitrogens with zero attached hydrogens (tertiary/aromatic N) is 2. The summed E-state index contributed by atoms with van der Waals surface area (Å²) in [5, 5.41) is 8.85. The molecule has 3 atom stereocenters. The van der Waals surface area contributed by atoms with E-state index in [1.54, 1.807) is 4.90 Å². The van der Waals surface area contributed by atoms with E-state index in [2.05, 4.69) is 6.58 Å². The number of amides is 2. The molecule has 3 aliphatic rings. The number of halogens is 1. The Labute approximate surface area is 209 Å². The molecule has 1 aromatic carbocycles. The van der Waals surface area contributed by atoms with Gasteiger partial charge in [0.1, 0.15) is 6.61 Å².